The van der Waals surface area contributed by atoms with Crippen LogP contribution >= 0.6 is 0 Å². The molecule has 322 valence electrons. The number of alkyl halides is 9. The number of rotatable bonds is 10. The van der Waals surface area contributed by atoms with Crippen molar-refractivity contribution in [1.82, 2.24) is 0 Å². The van der Waals surface area contributed by atoms with Gasteiger partial charge in [0, 0.05) is 0 Å². The molecule has 0 aromatic heterocycles. The summed E-state index contributed by atoms with van der Waals surface area (Å²) in [6.07, 6.45) is -17.5. The Morgan fingerprint density at radius 2 is 0.932 bits per heavy atom. The van der Waals surface area contributed by atoms with Crippen molar-refractivity contribution in [2.24, 2.45) is 0 Å². The number of benzene rings is 4. The van der Waals surface area contributed by atoms with E-state index >= 15 is 0 Å². The Labute approximate surface area is 336 Å². The predicted octanol–water partition coefficient (Wildman–Crippen LogP) is 9.87. The normalized spacial score (nSPS) is 12.6. The molecule has 0 spiro atoms. The summed E-state index contributed by atoms with van der Waals surface area (Å²) in [5.41, 5.74) is -9.30. The molecule has 0 aliphatic rings. The number of hydrogen-bond donors (Lipinski definition) is 0. The van der Waals surface area contributed by atoms with Crippen LogP contribution in [0.25, 0.3) is 0 Å². The highest BCUT2D eigenvalue weighted by Gasteiger charge is 2.46. The summed E-state index contributed by atoms with van der Waals surface area (Å²) in [6.45, 7) is 10.3. The maximum Gasteiger partial charge on any atom is 0.417 e. The van der Waals surface area contributed by atoms with E-state index < -0.39 is 96.4 Å². The van der Waals surface area contributed by atoms with Crippen LogP contribution in [-0.2, 0) is 58.6 Å². The number of carbonyl (C=O) groups excluding carboxylic acids is 2. The molecule has 9 nitrogen and oxygen atoms in total. The lowest BCUT2D eigenvalue weighted by atomic mass is 10.0. The van der Waals surface area contributed by atoms with Crippen LogP contribution < -0.4 is 9.47 Å². The number of ether oxygens (including phenoxy) is 4. The highest BCUT2D eigenvalue weighted by molar-refractivity contribution is 7.97. The summed E-state index contributed by atoms with van der Waals surface area (Å²) >= 11 is 0. The molecule has 0 radical (unpaired) electrons. The van der Waals surface area contributed by atoms with Crippen LogP contribution in [0, 0.1) is 0 Å². The minimum atomic E-state index is -6.35. The molecule has 0 amide bonds. The second-order valence-electron chi connectivity index (χ2n) is 14.1. The second kappa shape index (κ2) is 18.5. The molecule has 0 saturated carbocycles. The summed E-state index contributed by atoms with van der Waals surface area (Å²) in [6, 6.07) is 23.6. The van der Waals surface area contributed by atoms with Crippen LogP contribution in [0.15, 0.2) is 111 Å². The molecule has 0 unspecified atom stereocenters. The third kappa shape index (κ3) is 14.7. The molecule has 4 aromatic carbocycles. The lowest BCUT2D eigenvalue weighted by molar-refractivity contribution is -0.158. The van der Waals surface area contributed by atoms with Crippen LogP contribution in [0.5, 0.6) is 11.5 Å². The van der Waals surface area contributed by atoms with Gasteiger partial charge in [-0.05, 0) is 90.1 Å². The SMILES string of the molecule is CC(C)(C)OC(=O)COc1cccc(OCC(=O)OC(C)(C)C)c1[S+](c1ccccc1)c1ccccc1.O=S(=O)([O-])c1c(C(F)(F)F)cc(C(F)(F)F)cc1C(F)(F)F. The number of esters is 2. The van der Waals surface area contributed by atoms with Gasteiger partial charge in [-0.1, -0.05) is 42.5 Å². The van der Waals surface area contributed by atoms with Crippen LogP contribution in [0.1, 0.15) is 58.2 Å². The van der Waals surface area contributed by atoms with Gasteiger partial charge >= 0.3 is 30.5 Å². The first-order valence-electron chi connectivity index (χ1n) is 16.9. The van der Waals surface area contributed by atoms with E-state index in [1.165, 1.54) is 0 Å². The van der Waals surface area contributed by atoms with Crippen molar-refractivity contribution < 1.29 is 81.0 Å². The van der Waals surface area contributed by atoms with Crippen molar-refractivity contribution >= 4 is 33.0 Å². The molecule has 0 saturated heterocycles. The average molecular weight is 885 g/mol. The van der Waals surface area contributed by atoms with Crippen LogP contribution in [0.2, 0.25) is 0 Å². The summed E-state index contributed by atoms with van der Waals surface area (Å²) in [5, 5.41) is 0. The number of carbonyl (C=O) groups is 2. The Kier molecular flexibility index (Phi) is 15.2. The topological polar surface area (TPSA) is 128 Å². The summed E-state index contributed by atoms with van der Waals surface area (Å²) in [4.78, 5) is 24.9. The van der Waals surface area contributed by atoms with Gasteiger partial charge in [0.15, 0.2) is 34.5 Å². The van der Waals surface area contributed by atoms with Gasteiger partial charge in [-0.25, -0.2) is 18.0 Å². The van der Waals surface area contributed by atoms with Gasteiger partial charge < -0.3 is 23.5 Å². The van der Waals surface area contributed by atoms with Crippen molar-refractivity contribution in [3.8, 4) is 11.5 Å². The molecule has 20 heteroatoms. The van der Waals surface area contributed by atoms with Gasteiger partial charge in [-0.2, -0.15) is 39.5 Å². The van der Waals surface area contributed by atoms with Crippen molar-refractivity contribution in [3.63, 3.8) is 0 Å². The third-order valence-electron chi connectivity index (χ3n) is 6.91. The molecular formula is C39H37F9O9S2. The highest BCUT2D eigenvalue weighted by Crippen LogP contribution is 2.46. The monoisotopic (exact) mass is 884 g/mol. The quantitative estimate of drug-likeness (QED) is 0.0662. The Bertz CT molecular complexity index is 2050. The molecule has 59 heavy (non-hydrogen) atoms. The van der Waals surface area contributed by atoms with Gasteiger partial charge in [0.1, 0.15) is 32.2 Å². The Morgan fingerprint density at radius 1 is 0.576 bits per heavy atom. The molecule has 0 fully saturated rings. The van der Waals surface area contributed by atoms with E-state index in [0.717, 1.165) is 14.7 Å². The van der Waals surface area contributed by atoms with E-state index in [0.29, 0.717) is 11.5 Å². The Hall–Kier alpha value is -4.95. The molecule has 4 rings (SSSR count). The summed E-state index contributed by atoms with van der Waals surface area (Å²) in [7, 11) is -7.01. The predicted molar refractivity (Wildman–Crippen MR) is 194 cm³/mol. The fourth-order valence-corrected chi connectivity index (χ4v) is 8.05. The molecule has 0 bridgehead atoms. The third-order valence-corrected chi connectivity index (χ3v) is 10.2. The van der Waals surface area contributed by atoms with Crippen molar-refractivity contribution in [1.29, 1.82) is 0 Å². The average Bonchev–Trinajstić information content (AvgIpc) is 3.08. The first-order chi connectivity index (χ1) is 26.9. The van der Waals surface area contributed by atoms with E-state index in [4.69, 9.17) is 18.9 Å². The van der Waals surface area contributed by atoms with E-state index in [1.807, 2.05) is 102 Å². The van der Waals surface area contributed by atoms with Crippen LogP contribution in [-0.4, -0.2) is 49.3 Å². The first-order valence-corrected chi connectivity index (χ1v) is 19.5. The highest BCUT2D eigenvalue weighted by atomic mass is 32.2. The zero-order valence-corrected chi connectivity index (χ0v) is 33.6. The van der Waals surface area contributed by atoms with Gasteiger partial charge in [0.05, 0.1) is 21.6 Å². The van der Waals surface area contributed by atoms with E-state index in [9.17, 15) is 62.1 Å². The molecular weight excluding hydrogens is 848 g/mol. The number of halogens is 9. The largest absolute Gasteiger partial charge is 0.744 e. The maximum atomic E-state index is 12.6. The molecule has 0 aliphatic heterocycles. The minimum Gasteiger partial charge on any atom is -0.744 e. The maximum absolute atomic E-state index is 12.6. The van der Waals surface area contributed by atoms with Gasteiger partial charge in [-0.15, -0.1) is 0 Å². The lowest BCUT2D eigenvalue weighted by Gasteiger charge is -2.22. The zero-order chi connectivity index (χ0) is 44.8. The lowest BCUT2D eigenvalue weighted by Crippen LogP contribution is -2.28. The standard InChI is InChI=1S/C30H35O6S.C9H3F9O3S/c1-29(2,3)35-26(31)20-33-24-18-13-19-25(34-21-27(32)36-30(4,5)6)28(24)37(22-14-9-7-10-15-22)23-16-11-8-12-17-23;10-7(11,12)3-1-4(8(13,14)15)6(22(19,20)21)5(2-3)9(16,17)18/h7-19H,20-21H2,1-6H3;1-2H,(H,19,20,21)/q+1;/p-1. The fourth-order valence-electron chi connectivity index (χ4n) is 4.91. The number of hydrogen-bond acceptors (Lipinski definition) is 9. The van der Waals surface area contributed by atoms with Crippen molar-refractivity contribution in [2.75, 3.05) is 13.2 Å². The molecule has 0 atom stereocenters. The smallest absolute Gasteiger partial charge is 0.417 e. The van der Waals surface area contributed by atoms with Crippen molar-refractivity contribution in [3.05, 3.63) is 108 Å². The summed E-state index contributed by atoms with van der Waals surface area (Å²) < 4.78 is 168. The fraction of sp³-hybridized carbons (Fsp3) is 0.333. The van der Waals surface area contributed by atoms with Gasteiger partial charge in [-0.3, -0.25) is 0 Å². The molecule has 4 aromatic rings. The van der Waals surface area contributed by atoms with Crippen LogP contribution in [0.4, 0.5) is 39.5 Å². The van der Waals surface area contributed by atoms with E-state index in [2.05, 4.69) is 0 Å². The minimum absolute atomic E-state index is 0.263. The molecule has 0 heterocycles. The molecule has 0 N–H and O–H groups in total. The zero-order valence-electron chi connectivity index (χ0n) is 32.0. The first kappa shape index (κ1) is 48.4. The van der Waals surface area contributed by atoms with Gasteiger partial charge in [0.25, 0.3) is 0 Å². The van der Waals surface area contributed by atoms with Gasteiger partial charge in [0.2, 0.25) is 4.90 Å². The van der Waals surface area contributed by atoms with E-state index in [-0.39, 0.29) is 13.2 Å². The van der Waals surface area contributed by atoms with E-state index in [1.54, 1.807) is 18.2 Å². The van der Waals surface area contributed by atoms with Crippen molar-refractivity contribution in [2.45, 2.75) is 90.9 Å². The second-order valence-corrected chi connectivity index (χ2v) is 17.4. The van der Waals surface area contributed by atoms with Crippen LogP contribution in [0.3, 0.4) is 0 Å². The molecule has 0 aliphatic carbocycles. The Balaban J connectivity index is 0.000000361. The Morgan fingerprint density at radius 3 is 1.22 bits per heavy atom. The summed E-state index contributed by atoms with van der Waals surface area (Å²) in [5.74, 6) is 0.00263.